The zero-order chi connectivity index (χ0) is 17.6. The average molecular weight is 351 g/mol. The van der Waals surface area contributed by atoms with Gasteiger partial charge in [0, 0.05) is 23.7 Å². The van der Waals surface area contributed by atoms with E-state index in [-0.39, 0.29) is 17.6 Å². The minimum Gasteiger partial charge on any atom is -0.355 e. The Morgan fingerprint density at radius 3 is 2.52 bits per heavy atom. The molecule has 0 saturated heterocycles. The van der Waals surface area contributed by atoms with E-state index >= 15 is 0 Å². The molecule has 1 aromatic heterocycles. The van der Waals surface area contributed by atoms with E-state index in [0.717, 1.165) is 15.9 Å². The topological polar surface area (TPSA) is 71.1 Å². The van der Waals surface area contributed by atoms with Gasteiger partial charge in [-0.3, -0.25) is 9.59 Å². The number of nitrogens with one attached hydrogen (secondary N) is 2. The molecule has 0 saturated carbocycles. The molecule has 5 nitrogen and oxygen atoms in total. The number of carbonyl (C=O) groups is 2. The quantitative estimate of drug-likeness (QED) is 0.692. The smallest absolute Gasteiger partial charge is 0.251 e. The molecule has 6 heteroatoms. The Labute approximate surface area is 149 Å². The summed E-state index contributed by atoms with van der Waals surface area (Å²) in [6.45, 7) is 0. The van der Waals surface area contributed by atoms with Crippen molar-refractivity contribution in [3.63, 3.8) is 0 Å². The number of para-hydroxylation sites is 1. The second-order valence-electron chi connectivity index (χ2n) is 5.34. The van der Waals surface area contributed by atoms with Gasteiger partial charge in [0.1, 0.15) is 0 Å². The summed E-state index contributed by atoms with van der Waals surface area (Å²) < 4.78 is 0. The number of amides is 2. The van der Waals surface area contributed by atoms with Gasteiger partial charge < -0.3 is 10.6 Å². The lowest BCUT2D eigenvalue weighted by molar-refractivity contribution is -0.113. The Kier molecular flexibility index (Phi) is 5.30. The fourth-order valence-corrected chi connectivity index (χ4v) is 2.99. The molecular weight excluding hydrogens is 334 g/mol. The van der Waals surface area contributed by atoms with Crippen molar-refractivity contribution in [2.45, 2.75) is 5.03 Å². The number of nitrogens with zero attached hydrogens (tertiary/aromatic N) is 1. The van der Waals surface area contributed by atoms with Crippen molar-refractivity contribution in [2.75, 3.05) is 18.1 Å². The molecule has 0 aliphatic heterocycles. The molecule has 0 radical (unpaired) electrons. The van der Waals surface area contributed by atoms with Crippen LogP contribution in [0.4, 0.5) is 5.69 Å². The molecule has 0 aliphatic rings. The highest BCUT2D eigenvalue weighted by Gasteiger charge is 2.07. The molecule has 0 aliphatic carbocycles. The number of carbonyl (C=O) groups excluding carboxylic acids is 2. The van der Waals surface area contributed by atoms with Crippen molar-refractivity contribution in [2.24, 2.45) is 0 Å². The maximum absolute atomic E-state index is 12.1. The molecule has 0 bridgehead atoms. The van der Waals surface area contributed by atoms with Gasteiger partial charge >= 0.3 is 0 Å². The number of thioether (sulfide) groups is 1. The Hall–Kier alpha value is -2.86. The van der Waals surface area contributed by atoms with Gasteiger partial charge in [-0.05, 0) is 36.4 Å². The second-order valence-corrected chi connectivity index (χ2v) is 6.33. The number of pyridine rings is 1. The highest BCUT2D eigenvalue weighted by atomic mass is 32.2. The summed E-state index contributed by atoms with van der Waals surface area (Å²) in [5, 5.41) is 7.26. The zero-order valence-corrected chi connectivity index (χ0v) is 14.5. The number of benzene rings is 2. The highest BCUT2D eigenvalue weighted by Crippen LogP contribution is 2.20. The van der Waals surface area contributed by atoms with E-state index in [9.17, 15) is 9.59 Å². The third kappa shape index (κ3) is 4.36. The molecule has 2 aromatic carbocycles. The van der Waals surface area contributed by atoms with E-state index in [1.54, 1.807) is 31.3 Å². The van der Waals surface area contributed by atoms with Crippen LogP contribution < -0.4 is 10.6 Å². The minimum absolute atomic E-state index is 0.118. The molecule has 0 unspecified atom stereocenters. The summed E-state index contributed by atoms with van der Waals surface area (Å²) in [7, 11) is 1.58. The van der Waals surface area contributed by atoms with E-state index in [0.29, 0.717) is 11.3 Å². The predicted molar refractivity (Wildman–Crippen MR) is 101 cm³/mol. The van der Waals surface area contributed by atoms with Crippen molar-refractivity contribution in [1.82, 2.24) is 10.3 Å². The van der Waals surface area contributed by atoms with Crippen molar-refractivity contribution in [3.05, 3.63) is 66.2 Å². The second kappa shape index (κ2) is 7.81. The van der Waals surface area contributed by atoms with Crippen LogP contribution in [0, 0.1) is 0 Å². The Morgan fingerprint density at radius 1 is 1.00 bits per heavy atom. The molecule has 3 rings (SSSR count). The standard InChI is InChI=1S/C19H17N3O2S/c1-20-19(24)14-6-9-15(10-7-14)21-17(23)12-25-18-11-8-13-4-2-3-5-16(13)22-18/h2-11H,12H2,1H3,(H,20,24)(H,21,23). The normalized spacial score (nSPS) is 10.4. The van der Waals surface area contributed by atoms with E-state index in [1.807, 2.05) is 36.4 Å². The first-order chi connectivity index (χ1) is 12.2. The lowest BCUT2D eigenvalue weighted by atomic mass is 10.2. The Balaban J connectivity index is 1.57. The lowest BCUT2D eigenvalue weighted by Crippen LogP contribution is -2.18. The zero-order valence-electron chi connectivity index (χ0n) is 13.7. The SMILES string of the molecule is CNC(=O)c1ccc(NC(=O)CSc2ccc3ccccc3n2)cc1. The van der Waals surface area contributed by atoms with Gasteiger partial charge in [-0.2, -0.15) is 0 Å². The van der Waals surface area contributed by atoms with E-state index in [4.69, 9.17) is 0 Å². The first-order valence-corrected chi connectivity index (χ1v) is 8.75. The van der Waals surface area contributed by atoms with Gasteiger partial charge in [-0.1, -0.05) is 36.0 Å². The van der Waals surface area contributed by atoms with Gasteiger partial charge in [0.2, 0.25) is 5.91 Å². The first kappa shape index (κ1) is 17.0. The van der Waals surface area contributed by atoms with Gasteiger partial charge in [0.05, 0.1) is 16.3 Å². The molecular formula is C19H17N3O2S. The van der Waals surface area contributed by atoms with Crippen LogP contribution in [0.3, 0.4) is 0 Å². The number of rotatable bonds is 5. The number of hydrogen-bond donors (Lipinski definition) is 2. The predicted octanol–water partition coefficient (Wildman–Crippen LogP) is 3.33. The van der Waals surface area contributed by atoms with Crippen molar-refractivity contribution in [3.8, 4) is 0 Å². The average Bonchev–Trinajstić information content (AvgIpc) is 2.66. The van der Waals surface area contributed by atoms with E-state index in [2.05, 4.69) is 15.6 Å². The van der Waals surface area contributed by atoms with Crippen LogP contribution in [0.2, 0.25) is 0 Å². The molecule has 3 aromatic rings. The highest BCUT2D eigenvalue weighted by molar-refractivity contribution is 7.99. The van der Waals surface area contributed by atoms with Crippen LogP contribution in [0.15, 0.2) is 65.7 Å². The first-order valence-electron chi connectivity index (χ1n) is 7.76. The summed E-state index contributed by atoms with van der Waals surface area (Å²) in [4.78, 5) is 28.1. The summed E-state index contributed by atoms with van der Waals surface area (Å²) in [5.41, 5.74) is 2.12. The van der Waals surface area contributed by atoms with E-state index in [1.165, 1.54) is 11.8 Å². The summed E-state index contributed by atoms with van der Waals surface area (Å²) in [5.74, 6) is -0.00817. The van der Waals surface area contributed by atoms with Crippen LogP contribution in [0.5, 0.6) is 0 Å². The number of aromatic nitrogens is 1. The molecule has 0 fully saturated rings. The fraction of sp³-hybridized carbons (Fsp3) is 0.105. The fourth-order valence-electron chi connectivity index (χ4n) is 2.31. The summed E-state index contributed by atoms with van der Waals surface area (Å²) in [6, 6.07) is 18.6. The molecule has 1 heterocycles. The maximum Gasteiger partial charge on any atom is 0.251 e. The molecule has 0 spiro atoms. The minimum atomic E-state index is -0.157. The largest absolute Gasteiger partial charge is 0.355 e. The van der Waals surface area contributed by atoms with Crippen LogP contribution in [0.1, 0.15) is 10.4 Å². The molecule has 126 valence electrons. The molecule has 0 atom stereocenters. The van der Waals surface area contributed by atoms with Gasteiger partial charge in [0.15, 0.2) is 0 Å². The van der Waals surface area contributed by atoms with Crippen molar-refractivity contribution < 1.29 is 9.59 Å². The number of hydrogen-bond acceptors (Lipinski definition) is 4. The van der Waals surface area contributed by atoms with Gasteiger partial charge in [-0.25, -0.2) is 4.98 Å². The summed E-state index contributed by atoms with van der Waals surface area (Å²) in [6.07, 6.45) is 0. The summed E-state index contributed by atoms with van der Waals surface area (Å²) >= 11 is 1.39. The lowest BCUT2D eigenvalue weighted by Gasteiger charge is -2.06. The molecule has 2 N–H and O–H groups in total. The monoisotopic (exact) mass is 351 g/mol. The van der Waals surface area contributed by atoms with Crippen molar-refractivity contribution in [1.29, 1.82) is 0 Å². The molecule has 25 heavy (non-hydrogen) atoms. The van der Waals surface area contributed by atoms with Gasteiger partial charge in [-0.15, -0.1) is 0 Å². The third-order valence-corrected chi connectivity index (χ3v) is 4.51. The maximum atomic E-state index is 12.1. The van der Waals surface area contributed by atoms with Crippen molar-refractivity contribution >= 4 is 40.2 Å². The molecule has 2 amide bonds. The van der Waals surface area contributed by atoms with Crippen LogP contribution >= 0.6 is 11.8 Å². The Bertz CT molecular complexity index is 910. The van der Waals surface area contributed by atoms with Crippen LogP contribution in [0.25, 0.3) is 10.9 Å². The number of fused-ring (bicyclic) bond motifs is 1. The van der Waals surface area contributed by atoms with E-state index < -0.39 is 0 Å². The van der Waals surface area contributed by atoms with Crippen LogP contribution in [-0.4, -0.2) is 29.6 Å². The Morgan fingerprint density at radius 2 is 1.76 bits per heavy atom. The van der Waals surface area contributed by atoms with Gasteiger partial charge in [0.25, 0.3) is 5.91 Å². The number of anilines is 1. The third-order valence-electron chi connectivity index (χ3n) is 3.58. The van der Waals surface area contributed by atoms with Crippen LogP contribution in [-0.2, 0) is 4.79 Å².